The summed E-state index contributed by atoms with van der Waals surface area (Å²) >= 11 is 0. The van der Waals surface area contributed by atoms with E-state index in [-0.39, 0.29) is 5.82 Å². The van der Waals surface area contributed by atoms with Crippen molar-refractivity contribution in [2.75, 3.05) is 14.2 Å². The van der Waals surface area contributed by atoms with Gasteiger partial charge in [0, 0.05) is 11.6 Å². The maximum atomic E-state index is 13.1. The first-order chi connectivity index (χ1) is 9.56. The Morgan fingerprint density at radius 3 is 2.00 bits per heavy atom. The molecular formula is C17H19FO2. The van der Waals surface area contributed by atoms with Crippen LogP contribution in [0.5, 0.6) is 11.5 Å². The molecule has 0 aromatic heterocycles. The number of hydrogen-bond donors (Lipinski definition) is 0. The molecule has 0 unspecified atom stereocenters. The van der Waals surface area contributed by atoms with Gasteiger partial charge in [-0.05, 0) is 35.2 Å². The molecule has 0 heterocycles. The van der Waals surface area contributed by atoms with Gasteiger partial charge in [0.05, 0.1) is 14.2 Å². The number of ether oxygens (including phenoxy) is 2. The quantitative estimate of drug-likeness (QED) is 0.809. The van der Waals surface area contributed by atoms with Gasteiger partial charge in [-0.25, -0.2) is 4.39 Å². The van der Waals surface area contributed by atoms with Crippen molar-refractivity contribution in [1.82, 2.24) is 0 Å². The summed E-state index contributed by atoms with van der Waals surface area (Å²) in [5.41, 5.74) is 2.97. The molecule has 0 aliphatic heterocycles. The van der Waals surface area contributed by atoms with Gasteiger partial charge in [-0.2, -0.15) is 0 Å². The van der Waals surface area contributed by atoms with E-state index in [9.17, 15) is 4.39 Å². The second kappa shape index (κ2) is 5.95. The molecule has 2 aromatic carbocycles. The van der Waals surface area contributed by atoms with Crippen LogP contribution in [0.25, 0.3) is 11.1 Å². The molecule has 0 N–H and O–H groups in total. The fourth-order valence-electron chi connectivity index (χ4n) is 2.23. The van der Waals surface area contributed by atoms with Gasteiger partial charge < -0.3 is 9.47 Å². The van der Waals surface area contributed by atoms with Crippen LogP contribution in [0.2, 0.25) is 0 Å². The summed E-state index contributed by atoms with van der Waals surface area (Å²) in [6, 6.07) is 10.3. The highest BCUT2D eigenvalue weighted by atomic mass is 19.1. The zero-order valence-electron chi connectivity index (χ0n) is 12.2. The third kappa shape index (κ3) is 2.77. The molecule has 0 aliphatic rings. The number of halogens is 1. The van der Waals surface area contributed by atoms with E-state index in [1.54, 1.807) is 26.4 Å². The van der Waals surface area contributed by atoms with E-state index in [1.807, 2.05) is 6.07 Å². The molecule has 0 aliphatic carbocycles. The molecule has 0 spiro atoms. The van der Waals surface area contributed by atoms with E-state index in [2.05, 4.69) is 19.9 Å². The summed E-state index contributed by atoms with van der Waals surface area (Å²) in [5.74, 6) is 1.61. The highest BCUT2D eigenvalue weighted by Crippen LogP contribution is 2.38. The van der Waals surface area contributed by atoms with Gasteiger partial charge in [-0.3, -0.25) is 0 Å². The predicted molar refractivity (Wildman–Crippen MR) is 79.0 cm³/mol. The first-order valence-electron chi connectivity index (χ1n) is 6.58. The van der Waals surface area contributed by atoms with Crippen LogP contribution < -0.4 is 9.47 Å². The van der Waals surface area contributed by atoms with Gasteiger partial charge in [0.2, 0.25) is 0 Å². The average Bonchev–Trinajstić information content (AvgIpc) is 2.46. The maximum absolute atomic E-state index is 13.1. The van der Waals surface area contributed by atoms with Crippen LogP contribution in [0, 0.1) is 5.82 Å². The molecule has 0 radical (unpaired) electrons. The summed E-state index contributed by atoms with van der Waals surface area (Å²) in [4.78, 5) is 0. The van der Waals surface area contributed by atoms with Crippen LogP contribution in [-0.4, -0.2) is 14.2 Å². The minimum Gasteiger partial charge on any atom is -0.496 e. The van der Waals surface area contributed by atoms with Gasteiger partial charge >= 0.3 is 0 Å². The normalized spacial score (nSPS) is 10.7. The number of rotatable bonds is 4. The van der Waals surface area contributed by atoms with Crippen LogP contribution in [0.15, 0.2) is 36.4 Å². The van der Waals surface area contributed by atoms with Crippen molar-refractivity contribution in [2.24, 2.45) is 0 Å². The monoisotopic (exact) mass is 274 g/mol. The van der Waals surface area contributed by atoms with E-state index in [0.29, 0.717) is 5.92 Å². The topological polar surface area (TPSA) is 18.5 Å². The summed E-state index contributed by atoms with van der Waals surface area (Å²) in [6.07, 6.45) is 0. The Balaban J connectivity index is 2.61. The first kappa shape index (κ1) is 14.4. The van der Waals surface area contributed by atoms with Crippen LogP contribution >= 0.6 is 0 Å². The van der Waals surface area contributed by atoms with Crippen LogP contribution in [0.3, 0.4) is 0 Å². The van der Waals surface area contributed by atoms with E-state index in [4.69, 9.17) is 9.47 Å². The third-order valence-corrected chi connectivity index (χ3v) is 3.33. The Kier molecular flexibility index (Phi) is 4.28. The first-order valence-corrected chi connectivity index (χ1v) is 6.58. The fraction of sp³-hybridized carbons (Fsp3) is 0.294. The lowest BCUT2D eigenvalue weighted by molar-refractivity contribution is 0.390. The number of methoxy groups -OCH3 is 2. The van der Waals surface area contributed by atoms with E-state index >= 15 is 0 Å². The van der Waals surface area contributed by atoms with Crippen LogP contribution in [0.1, 0.15) is 25.3 Å². The Morgan fingerprint density at radius 1 is 0.900 bits per heavy atom. The Labute approximate surface area is 119 Å². The van der Waals surface area contributed by atoms with Crippen molar-refractivity contribution in [1.29, 1.82) is 0 Å². The second-order valence-electron chi connectivity index (χ2n) is 4.96. The van der Waals surface area contributed by atoms with Crippen molar-refractivity contribution >= 4 is 0 Å². The van der Waals surface area contributed by atoms with Gasteiger partial charge in [-0.15, -0.1) is 0 Å². The lowest BCUT2D eigenvalue weighted by Crippen LogP contribution is -1.98. The summed E-state index contributed by atoms with van der Waals surface area (Å²) in [7, 11) is 3.27. The average molecular weight is 274 g/mol. The number of hydrogen-bond acceptors (Lipinski definition) is 2. The second-order valence-corrected chi connectivity index (χ2v) is 4.96. The lowest BCUT2D eigenvalue weighted by Gasteiger charge is -2.17. The van der Waals surface area contributed by atoms with Crippen molar-refractivity contribution in [3.8, 4) is 22.6 Å². The fourth-order valence-corrected chi connectivity index (χ4v) is 2.23. The molecule has 2 rings (SSSR count). The minimum absolute atomic E-state index is 0.245. The molecule has 2 nitrogen and oxygen atoms in total. The van der Waals surface area contributed by atoms with Crippen molar-refractivity contribution < 1.29 is 13.9 Å². The molecular weight excluding hydrogens is 255 g/mol. The van der Waals surface area contributed by atoms with Crippen molar-refractivity contribution in [2.45, 2.75) is 19.8 Å². The molecule has 0 amide bonds. The summed E-state index contributed by atoms with van der Waals surface area (Å²) in [5, 5.41) is 0. The third-order valence-electron chi connectivity index (χ3n) is 3.33. The zero-order valence-corrected chi connectivity index (χ0v) is 12.2. The molecule has 0 saturated heterocycles. The Morgan fingerprint density at radius 2 is 1.50 bits per heavy atom. The predicted octanol–water partition coefficient (Wildman–Crippen LogP) is 4.63. The van der Waals surface area contributed by atoms with Gasteiger partial charge in [0.25, 0.3) is 0 Å². The smallest absolute Gasteiger partial charge is 0.130 e. The molecule has 20 heavy (non-hydrogen) atoms. The molecule has 2 aromatic rings. The summed E-state index contributed by atoms with van der Waals surface area (Å²) < 4.78 is 23.9. The van der Waals surface area contributed by atoms with Crippen LogP contribution in [-0.2, 0) is 0 Å². The SMILES string of the molecule is COc1cc(OC)c(C(C)C)cc1-c1ccc(F)cc1. The van der Waals surface area contributed by atoms with E-state index < -0.39 is 0 Å². The van der Waals surface area contributed by atoms with Crippen molar-refractivity contribution in [3.63, 3.8) is 0 Å². The highest BCUT2D eigenvalue weighted by Gasteiger charge is 2.14. The van der Waals surface area contributed by atoms with Gasteiger partial charge in [0.1, 0.15) is 17.3 Å². The van der Waals surface area contributed by atoms with Gasteiger partial charge in [-0.1, -0.05) is 26.0 Å². The Hall–Kier alpha value is -2.03. The molecule has 0 bridgehead atoms. The maximum Gasteiger partial charge on any atom is 0.130 e. The molecule has 0 saturated carbocycles. The molecule has 0 fully saturated rings. The van der Waals surface area contributed by atoms with E-state index in [1.165, 1.54) is 12.1 Å². The molecule has 3 heteroatoms. The summed E-state index contributed by atoms with van der Waals surface area (Å²) in [6.45, 7) is 4.22. The minimum atomic E-state index is -0.245. The lowest BCUT2D eigenvalue weighted by atomic mass is 9.95. The largest absolute Gasteiger partial charge is 0.496 e. The zero-order chi connectivity index (χ0) is 14.7. The molecule has 106 valence electrons. The Bertz CT molecular complexity index is 589. The van der Waals surface area contributed by atoms with Crippen molar-refractivity contribution in [3.05, 3.63) is 47.8 Å². The van der Waals surface area contributed by atoms with Gasteiger partial charge in [0.15, 0.2) is 0 Å². The standard InChI is InChI=1S/C17H19FO2/c1-11(2)14-9-15(12-5-7-13(18)8-6-12)17(20-4)10-16(14)19-3/h5-11H,1-4H3. The number of benzene rings is 2. The van der Waals surface area contributed by atoms with E-state index in [0.717, 1.165) is 28.2 Å². The van der Waals surface area contributed by atoms with Crippen LogP contribution in [0.4, 0.5) is 4.39 Å². The highest BCUT2D eigenvalue weighted by molar-refractivity contribution is 5.73. The molecule has 0 atom stereocenters.